The van der Waals surface area contributed by atoms with Gasteiger partial charge in [0.25, 0.3) is 5.91 Å². The average molecular weight is 333 g/mol. The van der Waals surface area contributed by atoms with Crippen LogP contribution in [-0.2, 0) is 0 Å². The first-order chi connectivity index (χ1) is 12.2. The minimum absolute atomic E-state index is 0.136. The van der Waals surface area contributed by atoms with Crippen LogP contribution in [-0.4, -0.2) is 27.1 Å². The molecule has 2 heterocycles. The van der Waals surface area contributed by atoms with E-state index >= 15 is 0 Å². The van der Waals surface area contributed by atoms with Gasteiger partial charge in [-0.25, -0.2) is 0 Å². The summed E-state index contributed by atoms with van der Waals surface area (Å²) in [6, 6.07) is 14.8. The van der Waals surface area contributed by atoms with E-state index in [1.807, 2.05) is 42.5 Å². The number of benzene rings is 1. The Labute approximate surface area is 145 Å². The lowest BCUT2D eigenvalue weighted by molar-refractivity contribution is 0.0228. The Hall–Kier alpha value is -2.79. The van der Waals surface area contributed by atoms with Gasteiger partial charge in [0.15, 0.2) is 0 Å². The third-order valence-corrected chi connectivity index (χ3v) is 4.78. The number of nitrogens with one attached hydrogen (secondary N) is 1. The van der Waals surface area contributed by atoms with Crippen LogP contribution in [0.5, 0.6) is 0 Å². The maximum atomic E-state index is 12.8. The zero-order chi connectivity index (χ0) is 17.2. The number of hydrogen-bond donors (Lipinski definition) is 2. The molecule has 0 spiro atoms. The molecule has 4 rings (SSSR count). The van der Waals surface area contributed by atoms with Gasteiger partial charge in [-0.1, -0.05) is 12.1 Å². The van der Waals surface area contributed by atoms with Crippen LogP contribution in [0.2, 0.25) is 0 Å². The molecule has 2 aromatic heterocycles. The molecule has 126 valence electrons. The highest BCUT2D eigenvalue weighted by atomic mass is 16.3. The number of aromatic nitrogens is 2. The highest BCUT2D eigenvalue weighted by Gasteiger charge is 2.36. The van der Waals surface area contributed by atoms with Crippen molar-refractivity contribution in [2.45, 2.75) is 25.0 Å². The fraction of sp³-hybridized carbons (Fsp3) is 0.250. The molecule has 1 aromatic carbocycles. The van der Waals surface area contributed by atoms with E-state index < -0.39 is 0 Å². The fourth-order valence-electron chi connectivity index (χ4n) is 3.34. The second-order valence-electron chi connectivity index (χ2n) is 6.50. The third kappa shape index (κ3) is 3.23. The van der Waals surface area contributed by atoms with Gasteiger partial charge in [0, 0.05) is 23.3 Å². The standard InChI is InChI=1S/C20H19N3O2/c24-16-11-15(12-16)19(18-5-1-2-8-22-18)23-20(25)14-6-7-17-13(10-14)4-3-9-21-17/h1-10,15-16,19,24H,11-12H2,(H,23,25). The number of carbonyl (C=O) groups is 1. The molecular formula is C20H19N3O2. The van der Waals surface area contributed by atoms with Gasteiger partial charge < -0.3 is 10.4 Å². The van der Waals surface area contributed by atoms with Crippen molar-refractivity contribution < 1.29 is 9.90 Å². The first-order valence-electron chi connectivity index (χ1n) is 8.45. The number of pyridine rings is 2. The number of aliphatic hydroxyl groups is 1. The Morgan fingerprint density at radius 2 is 1.92 bits per heavy atom. The van der Waals surface area contributed by atoms with Gasteiger partial charge in [0.05, 0.1) is 23.4 Å². The Balaban J connectivity index is 1.59. The maximum Gasteiger partial charge on any atom is 0.251 e. The maximum absolute atomic E-state index is 12.8. The normalized spacial score (nSPS) is 20.7. The van der Waals surface area contributed by atoms with E-state index in [2.05, 4.69) is 15.3 Å². The lowest BCUT2D eigenvalue weighted by Gasteiger charge is -2.37. The second kappa shape index (κ2) is 6.61. The Kier molecular flexibility index (Phi) is 4.15. The van der Waals surface area contributed by atoms with Gasteiger partial charge in [0.1, 0.15) is 0 Å². The first kappa shape index (κ1) is 15.7. The van der Waals surface area contributed by atoms with Gasteiger partial charge in [-0.05, 0) is 55.2 Å². The Morgan fingerprint density at radius 3 is 2.68 bits per heavy atom. The van der Waals surface area contributed by atoms with Gasteiger partial charge in [-0.15, -0.1) is 0 Å². The summed E-state index contributed by atoms with van der Waals surface area (Å²) in [6.07, 6.45) is 4.55. The summed E-state index contributed by atoms with van der Waals surface area (Å²) in [7, 11) is 0. The number of amides is 1. The molecule has 1 aliphatic rings. The summed E-state index contributed by atoms with van der Waals surface area (Å²) in [6.45, 7) is 0. The van der Waals surface area contributed by atoms with E-state index in [1.54, 1.807) is 18.5 Å². The van der Waals surface area contributed by atoms with Crippen LogP contribution in [0, 0.1) is 5.92 Å². The zero-order valence-electron chi connectivity index (χ0n) is 13.7. The molecule has 1 fully saturated rings. The lowest BCUT2D eigenvalue weighted by Crippen LogP contribution is -2.41. The third-order valence-electron chi connectivity index (χ3n) is 4.78. The number of aliphatic hydroxyl groups excluding tert-OH is 1. The summed E-state index contributed by atoms with van der Waals surface area (Å²) in [5.74, 6) is 0.0683. The molecule has 2 N–H and O–H groups in total. The van der Waals surface area contributed by atoms with Crippen molar-refractivity contribution in [1.82, 2.24) is 15.3 Å². The minimum Gasteiger partial charge on any atom is -0.393 e. The highest BCUT2D eigenvalue weighted by Crippen LogP contribution is 2.37. The molecule has 0 radical (unpaired) electrons. The summed E-state index contributed by atoms with van der Waals surface area (Å²) in [4.78, 5) is 21.5. The minimum atomic E-state index is -0.278. The van der Waals surface area contributed by atoms with E-state index in [-0.39, 0.29) is 24.0 Å². The summed E-state index contributed by atoms with van der Waals surface area (Å²) in [5.41, 5.74) is 2.29. The zero-order valence-corrected chi connectivity index (χ0v) is 13.7. The molecule has 1 amide bonds. The van der Waals surface area contributed by atoms with Gasteiger partial charge in [0.2, 0.25) is 0 Å². The van der Waals surface area contributed by atoms with Crippen LogP contribution in [0.15, 0.2) is 60.9 Å². The number of carbonyl (C=O) groups excluding carboxylic acids is 1. The fourth-order valence-corrected chi connectivity index (χ4v) is 3.34. The van der Waals surface area contributed by atoms with Crippen molar-refractivity contribution >= 4 is 16.8 Å². The molecule has 25 heavy (non-hydrogen) atoms. The van der Waals surface area contributed by atoms with Crippen LogP contribution < -0.4 is 5.32 Å². The monoisotopic (exact) mass is 333 g/mol. The number of hydrogen-bond acceptors (Lipinski definition) is 4. The molecule has 1 unspecified atom stereocenters. The lowest BCUT2D eigenvalue weighted by atomic mass is 9.76. The quantitative estimate of drug-likeness (QED) is 0.770. The van der Waals surface area contributed by atoms with Gasteiger partial charge in [-0.3, -0.25) is 14.8 Å². The molecule has 5 nitrogen and oxygen atoms in total. The van der Waals surface area contributed by atoms with E-state index in [1.165, 1.54) is 0 Å². The topological polar surface area (TPSA) is 75.1 Å². The molecule has 1 aliphatic carbocycles. The van der Waals surface area contributed by atoms with Crippen LogP contribution in [0.1, 0.15) is 34.9 Å². The van der Waals surface area contributed by atoms with Gasteiger partial charge >= 0.3 is 0 Å². The van der Waals surface area contributed by atoms with Crippen molar-refractivity contribution in [3.05, 3.63) is 72.2 Å². The molecule has 0 saturated heterocycles. The summed E-state index contributed by atoms with van der Waals surface area (Å²) >= 11 is 0. The summed E-state index contributed by atoms with van der Waals surface area (Å²) < 4.78 is 0. The van der Waals surface area contributed by atoms with Crippen molar-refractivity contribution in [3.63, 3.8) is 0 Å². The van der Waals surface area contributed by atoms with Crippen LogP contribution in [0.4, 0.5) is 0 Å². The first-order valence-corrected chi connectivity index (χ1v) is 8.45. The van der Waals surface area contributed by atoms with Gasteiger partial charge in [-0.2, -0.15) is 0 Å². The molecule has 0 bridgehead atoms. The SMILES string of the molecule is O=C(NC(c1ccccn1)C1CC(O)C1)c1ccc2ncccc2c1. The van der Waals surface area contributed by atoms with Crippen LogP contribution >= 0.6 is 0 Å². The molecule has 0 aliphatic heterocycles. The van der Waals surface area contributed by atoms with Crippen molar-refractivity contribution in [3.8, 4) is 0 Å². The van der Waals surface area contributed by atoms with E-state index in [9.17, 15) is 9.90 Å². The average Bonchev–Trinajstić information content (AvgIpc) is 2.64. The Morgan fingerprint density at radius 1 is 1.08 bits per heavy atom. The Bertz CT molecular complexity index is 892. The molecule has 5 heteroatoms. The van der Waals surface area contributed by atoms with Crippen molar-refractivity contribution in [2.75, 3.05) is 0 Å². The summed E-state index contributed by atoms with van der Waals surface area (Å²) in [5, 5.41) is 13.7. The van der Waals surface area contributed by atoms with Crippen molar-refractivity contribution in [2.24, 2.45) is 5.92 Å². The number of nitrogens with zero attached hydrogens (tertiary/aromatic N) is 2. The van der Waals surface area contributed by atoms with E-state index in [4.69, 9.17) is 0 Å². The predicted molar refractivity (Wildman–Crippen MR) is 94.9 cm³/mol. The molecule has 3 aromatic rings. The molecule has 1 saturated carbocycles. The number of rotatable bonds is 4. The molecular weight excluding hydrogens is 314 g/mol. The predicted octanol–water partition coefficient (Wildman–Crippen LogP) is 2.87. The highest BCUT2D eigenvalue weighted by molar-refractivity contribution is 5.98. The van der Waals surface area contributed by atoms with Crippen LogP contribution in [0.25, 0.3) is 10.9 Å². The van der Waals surface area contributed by atoms with E-state index in [0.717, 1.165) is 16.6 Å². The number of fused-ring (bicyclic) bond motifs is 1. The largest absolute Gasteiger partial charge is 0.393 e. The van der Waals surface area contributed by atoms with Crippen molar-refractivity contribution in [1.29, 1.82) is 0 Å². The van der Waals surface area contributed by atoms with E-state index in [0.29, 0.717) is 18.4 Å². The van der Waals surface area contributed by atoms with Crippen LogP contribution in [0.3, 0.4) is 0 Å². The second-order valence-corrected chi connectivity index (χ2v) is 6.50. The smallest absolute Gasteiger partial charge is 0.251 e. The molecule has 1 atom stereocenters.